The van der Waals surface area contributed by atoms with Crippen molar-refractivity contribution in [3.8, 4) is 0 Å². The van der Waals surface area contributed by atoms with E-state index >= 15 is 0 Å². The van der Waals surface area contributed by atoms with Gasteiger partial charge >= 0.3 is 0 Å². The number of aryl methyl sites for hydroxylation is 1. The number of hydrogen-bond acceptors (Lipinski definition) is 3. The van der Waals surface area contributed by atoms with Gasteiger partial charge in [-0.25, -0.2) is 0 Å². The van der Waals surface area contributed by atoms with Crippen molar-refractivity contribution in [3.05, 3.63) is 65.7 Å². The summed E-state index contributed by atoms with van der Waals surface area (Å²) in [5.74, 6) is 0. The minimum Gasteiger partial charge on any atom is -0.200 e. The van der Waals surface area contributed by atoms with Crippen molar-refractivity contribution in [2.75, 3.05) is 0 Å². The Morgan fingerprint density at radius 1 is 1.05 bits per heavy atom. The first kappa shape index (κ1) is 16.2. The predicted molar refractivity (Wildman–Crippen MR) is 89.4 cm³/mol. The van der Waals surface area contributed by atoms with Gasteiger partial charge in [0.15, 0.2) is 0 Å². The highest BCUT2D eigenvalue weighted by Gasteiger charge is 2.13. The van der Waals surface area contributed by atoms with Crippen LogP contribution < -0.4 is 4.83 Å². The lowest BCUT2D eigenvalue weighted by molar-refractivity contribution is 0.584. The minimum atomic E-state index is -3.64. The first-order valence-electron chi connectivity index (χ1n) is 7.23. The third-order valence-electron chi connectivity index (χ3n) is 3.23. The molecule has 5 heteroatoms. The van der Waals surface area contributed by atoms with Crippen LogP contribution in [0.15, 0.2) is 64.6 Å². The first-order valence-corrected chi connectivity index (χ1v) is 8.71. The van der Waals surface area contributed by atoms with Gasteiger partial charge in [-0.05, 0) is 31.0 Å². The Morgan fingerprint density at radius 3 is 2.27 bits per heavy atom. The first-order chi connectivity index (χ1) is 10.5. The largest absolute Gasteiger partial charge is 0.276 e. The summed E-state index contributed by atoms with van der Waals surface area (Å²) in [6.45, 7) is 3.95. The van der Waals surface area contributed by atoms with Gasteiger partial charge in [-0.3, -0.25) is 0 Å². The maximum atomic E-state index is 12.3. The average Bonchev–Trinajstić information content (AvgIpc) is 2.53. The lowest BCUT2D eigenvalue weighted by Gasteiger charge is -2.08. The van der Waals surface area contributed by atoms with Crippen LogP contribution in [0, 0.1) is 6.92 Å². The second kappa shape index (κ2) is 7.22. The van der Waals surface area contributed by atoms with Gasteiger partial charge in [-0.2, -0.15) is 18.4 Å². The van der Waals surface area contributed by atoms with Crippen LogP contribution in [0.1, 0.15) is 30.9 Å². The van der Waals surface area contributed by atoms with Crippen LogP contribution in [0.3, 0.4) is 0 Å². The van der Waals surface area contributed by atoms with E-state index in [1.165, 1.54) is 0 Å². The van der Waals surface area contributed by atoms with Crippen molar-refractivity contribution in [2.45, 2.75) is 31.6 Å². The van der Waals surface area contributed by atoms with E-state index in [-0.39, 0.29) is 4.90 Å². The molecule has 2 rings (SSSR count). The zero-order valence-corrected chi connectivity index (χ0v) is 13.6. The molecular formula is C17H20N2O2S. The number of rotatable bonds is 6. The zero-order valence-electron chi connectivity index (χ0n) is 12.8. The molecule has 0 saturated heterocycles. The summed E-state index contributed by atoms with van der Waals surface area (Å²) in [7, 11) is -3.64. The molecule has 0 bridgehead atoms. The number of benzene rings is 2. The van der Waals surface area contributed by atoms with Crippen LogP contribution in [0.2, 0.25) is 0 Å². The van der Waals surface area contributed by atoms with E-state index in [0.717, 1.165) is 23.3 Å². The number of hydrogen-bond donors (Lipinski definition) is 1. The topological polar surface area (TPSA) is 58.5 Å². The van der Waals surface area contributed by atoms with Crippen LogP contribution in [0.25, 0.3) is 0 Å². The van der Waals surface area contributed by atoms with Gasteiger partial charge in [-0.15, -0.1) is 0 Å². The van der Waals surface area contributed by atoms with E-state index < -0.39 is 10.0 Å². The Balaban J connectivity index is 2.25. The molecular weight excluding hydrogens is 296 g/mol. The Bertz CT molecular complexity index is 736. The summed E-state index contributed by atoms with van der Waals surface area (Å²) in [6, 6.07) is 16.3. The molecule has 0 unspecified atom stereocenters. The van der Waals surface area contributed by atoms with Gasteiger partial charge in [-0.1, -0.05) is 61.4 Å². The van der Waals surface area contributed by atoms with E-state index in [4.69, 9.17) is 0 Å². The fourth-order valence-electron chi connectivity index (χ4n) is 2.02. The van der Waals surface area contributed by atoms with Gasteiger partial charge < -0.3 is 0 Å². The molecule has 0 saturated carbocycles. The maximum absolute atomic E-state index is 12.3. The van der Waals surface area contributed by atoms with Gasteiger partial charge in [0.2, 0.25) is 0 Å². The molecule has 2 aromatic rings. The van der Waals surface area contributed by atoms with Crippen LogP contribution in [-0.4, -0.2) is 14.1 Å². The van der Waals surface area contributed by atoms with Crippen LogP contribution in [-0.2, 0) is 10.0 Å². The van der Waals surface area contributed by atoms with Gasteiger partial charge in [0.1, 0.15) is 0 Å². The second-order valence-corrected chi connectivity index (χ2v) is 6.74. The molecule has 0 atom stereocenters. The average molecular weight is 316 g/mol. The molecule has 0 aliphatic rings. The molecule has 0 aliphatic heterocycles. The quantitative estimate of drug-likeness (QED) is 0.655. The van der Waals surface area contributed by atoms with Crippen LogP contribution >= 0.6 is 0 Å². The number of nitrogens with one attached hydrogen (secondary N) is 1. The number of sulfonamides is 1. The molecule has 0 aliphatic carbocycles. The molecule has 2 aromatic carbocycles. The van der Waals surface area contributed by atoms with E-state index in [2.05, 4.69) is 9.93 Å². The lowest BCUT2D eigenvalue weighted by atomic mass is 10.1. The van der Waals surface area contributed by atoms with Crippen molar-refractivity contribution in [2.24, 2.45) is 5.10 Å². The minimum absolute atomic E-state index is 0.214. The van der Waals surface area contributed by atoms with E-state index in [0.29, 0.717) is 6.42 Å². The highest BCUT2D eigenvalue weighted by Crippen LogP contribution is 2.11. The molecule has 4 nitrogen and oxygen atoms in total. The van der Waals surface area contributed by atoms with E-state index in [1.54, 1.807) is 24.3 Å². The highest BCUT2D eigenvalue weighted by molar-refractivity contribution is 7.89. The molecule has 0 radical (unpaired) electrons. The van der Waals surface area contributed by atoms with E-state index in [1.807, 2.05) is 44.2 Å². The van der Waals surface area contributed by atoms with Crippen molar-refractivity contribution in [3.63, 3.8) is 0 Å². The summed E-state index contributed by atoms with van der Waals surface area (Å²) in [5, 5.41) is 4.13. The predicted octanol–water partition coefficient (Wildman–Crippen LogP) is 3.48. The molecule has 0 spiro atoms. The second-order valence-electron chi connectivity index (χ2n) is 5.08. The Kier molecular flexibility index (Phi) is 5.33. The molecule has 0 fully saturated rings. The summed E-state index contributed by atoms with van der Waals surface area (Å²) < 4.78 is 24.5. The summed E-state index contributed by atoms with van der Waals surface area (Å²) in [4.78, 5) is 2.55. The van der Waals surface area contributed by atoms with Crippen molar-refractivity contribution < 1.29 is 8.42 Å². The number of hydrazone groups is 1. The number of nitrogens with zero attached hydrogens (tertiary/aromatic N) is 1. The van der Waals surface area contributed by atoms with Crippen molar-refractivity contribution >= 4 is 15.7 Å². The fourth-order valence-corrected chi connectivity index (χ4v) is 2.85. The monoisotopic (exact) mass is 316 g/mol. The fraction of sp³-hybridized carbons (Fsp3) is 0.235. The molecule has 0 aromatic heterocycles. The highest BCUT2D eigenvalue weighted by atomic mass is 32.2. The Labute approximate surface area is 131 Å². The third-order valence-corrected chi connectivity index (χ3v) is 4.45. The summed E-state index contributed by atoms with van der Waals surface area (Å²) >= 11 is 0. The van der Waals surface area contributed by atoms with Gasteiger partial charge in [0.25, 0.3) is 10.0 Å². The summed E-state index contributed by atoms with van der Waals surface area (Å²) in [5.41, 5.74) is 2.67. The molecule has 116 valence electrons. The SMILES string of the molecule is CCC/C(=N/NS(=O)(=O)c1ccc(C)cc1)c1ccccc1. The molecule has 1 N–H and O–H groups in total. The van der Waals surface area contributed by atoms with Gasteiger partial charge in [0, 0.05) is 0 Å². The van der Waals surface area contributed by atoms with Crippen LogP contribution in [0.5, 0.6) is 0 Å². The molecule has 0 amide bonds. The maximum Gasteiger partial charge on any atom is 0.276 e. The van der Waals surface area contributed by atoms with Crippen molar-refractivity contribution in [1.29, 1.82) is 0 Å². The normalized spacial score (nSPS) is 12.2. The van der Waals surface area contributed by atoms with Crippen LogP contribution in [0.4, 0.5) is 0 Å². The summed E-state index contributed by atoms with van der Waals surface area (Å²) in [6.07, 6.45) is 1.60. The smallest absolute Gasteiger partial charge is 0.200 e. The van der Waals surface area contributed by atoms with Crippen molar-refractivity contribution in [1.82, 2.24) is 4.83 Å². The Hall–Kier alpha value is -2.14. The molecule has 0 heterocycles. The van der Waals surface area contributed by atoms with Gasteiger partial charge in [0.05, 0.1) is 10.6 Å². The standard InChI is InChI=1S/C17H20N2O2S/c1-3-7-17(15-8-5-4-6-9-15)18-19-22(20,21)16-12-10-14(2)11-13-16/h4-6,8-13,19H,3,7H2,1-2H3/b18-17-. The zero-order chi connectivity index (χ0) is 16.0. The molecule has 22 heavy (non-hydrogen) atoms. The van der Waals surface area contributed by atoms with E-state index in [9.17, 15) is 8.42 Å². The lowest BCUT2D eigenvalue weighted by Crippen LogP contribution is -2.20. The third kappa shape index (κ3) is 4.18. The Morgan fingerprint density at radius 2 is 1.68 bits per heavy atom.